The molecule has 0 aromatic carbocycles. The molecule has 1 aliphatic carbocycles. The number of methoxy groups -OCH3 is 1. The Morgan fingerprint density at radius 2 is 2.10 bits per heavy atom. The Morgan fingerprint density at radius 1 is 1.43 bits per heavy atom. The number of hydrogen-bond acceptors (Lipinski definition) is 7. The van der Waals surface area contributed by atoms with E-state index >= 15 is 0 Å². The van der Waals surface area contributed by atoms with E-state index in [0.29, 0.717) is 5.82 Å². The average molecular weight is 294 g/mol. The summed E-state index contributed by atoms with van der Waals surface area (Å²) >= 11 is 0. The van der Waals surface area contributed by atoms with Crippen molar-refractivity contribution in [1.29, 1.82) is 0 Å². The maximum Gasteiger partial charge on any atom is 0.311 e. The molecule has 0 unspecified atom stereocenters. The molecule has 0 radical (unpaired) electrons. The van der Waals surface area contributed by atoms with E-state index in [9.17, 15) is 14.9 Å². The summed E-state index contributed by atoms with van der Waals surface area (Å²) in [6, 6.07) is 3.06. The highest BCUT2D eigenvalue weighted by molar-refractivity contribution is 5.72. The van der Waals surface area contributed by atoms with Crippen LogP contribution in [0.3, 0.4) is 0 Å². The molecule has 3 N–H and O–H groups in total. The minimum atomic E-state index is -0.562. The number of esters is 1. The lowest BCUT2D eigenvalue weighted by atomic mass is 9.86. The third-order valence-corrected chi connectivity index (χ3v) is 3.71. The van der Waals surface area contributed by atoms with Crippen LogP contribution < -0.4 is 11.1 Å². The van der Waals surface area contributed by atoms with Gasteiger partial charge >= 0.3 is 11.7 Å². The van der Waals surface area contributed by atoms with Crippen LogP contribution in [0.5, 0.6) is 0 Å². The van der Waals surface area contributed by atoms with Crippen molar-refractivity contribution in [2.24, 2.45) is 5.92 Å². The Morgan fingerprint density at radius 3 is 2.62 bits per heavy atom. The van der Waals surface area contributed by atoms with Crippen LogP contribution in [-0.2, 0) is 9.53 Å². The van der Waals surface area contributed by atoms with E-state index in [1.165, 1.54) is 13.2 Å². The number of carbonyl (C=O) groups is 1. The number of hydrogen-bond donors (Lipinski definition) is 2. The molecule has 8 heteroatoms. The molecule has 0 aliphatic heterocycles. The van der Waals surface area contributed by atoms with Crippen LogP contribution in [0.15, 0.2) is 12.1 Å². The zero-order valence-electron chi connectivity index (χ0n) is 11.7. The fourth-order valence-corrected chi connectivity index (χ4v) is 2.55. The van der Waals surface area contributed by atoms with E-state index in [4.69, 9.17) is 10.5 Å². The number of nitrogens with two attached hydrogens (primary N) is 1. The fraction of sp³-hybridized carbons (Fsp3) is 0.538. The minimum absolute atomic E-state index is 0.0389. The smallest absolute Gasteiger partial charge is 0.311 e. The summed E-state index contributed by atoms with van der Waals surface area (Å²) in [7, 11) is 1.40. The molecule has 0 amide bonds. The zero-order valence-corrected chi connectivity index (χ0v) is 11.7. The normalized spacial score (nSPS) is 21.6. The van der Waals surface area contributed by atoms with Gasteiger partial charge in [0.2, 0.25) is 5.82 Å². The third kappa shape index (κ3) is 3.59. The second kappa shape index (κ2) is 6.38. The summed E-state index contributed by atoms with van der Waals surface area (Å²) in [5.74, 6) is 0.210. The second-order valence-corrected chi connectivity index (χ2v) is 5.07. The van der Waals surface area contributed by atoms with Gasteiger partial charge in [0, 0.05) is 12.1 Å². The average Bonchev–Trinajstić information content (AvgIpc) is 2.47. The summed E-state index contributed by atoms with van der Waals surface area (Å²) in [5.41, 5.74) is 5.35. The van der Waals surface area contributed by atoms with Gasteiger partial charge in [-0.15, -0.1) is 0 Å². The molecule has 1 heterocycles. The predicted molar refractivity (Wildman–Crippen MR) is 76.7 cm³/mol. The number of aromatic nitrogens is 1. The monoisotopic (exact) mass is 294 g/mol. The van der Waals surface area contributed by atoms with Crippen molar-refractivity contribution in [2.45, 2.75) is 31.7 Å². The lowest BCUT2D eigenvalue weighted by molar-refractivity contribution is -0.384. The number of nitrogen functional groups attached to an aromatic ring is 1. The van der Waals surface area contributed by atoms with Crippen LogP contribution in [0.25, 0.3) is 0 Å². The molecule has 0 atom stereocenters. The fourth-order valence-electron chi connectivity index (χ4n) is 2.55. The number of anilines is 2. The summed E-state index contributed by atoms with van der Waals surface area (Å²) in [6.45, 7) is 0. The van der Waals surface area contributed by atoms with Gasteiger partial charge in [0.05, 0.1) is 18.0 Å². The van der Waals surface area contributed by atoms with Crippen molar-refractivity contribution in [3.8, 4) is 0 Å². The Hall–Kier alpha value is -2.38. The first kappa shape index (κ1) is 15.0. The van der Waals surface area contributed by atoms with Gasteiger partial charge in [0.1, 0.15) is 5.82 Å². The largest absolute Gasteiger partial charge is 0.469 e. The quantitative estimate of drug-likeness (QED) is 0.492. The molecule has 1 aromatic heterocycles. The Balaban J connectivity index is 1.93. The van der Waals surface area contributed by atoms with Gasteiger partial charge in [-0.25, -0.2) is 4.98 Å². The maximum absolute atomic E-state index is 11.4. The number of nitrogens with zero attached hydrogens (tertiary/aromatic N) is 2. The van der Waals surface area contributed by atoms with Crippen molar-refractivity contribution >= 4 is 23.3 Å². The number of pyridine rings is 1. The maximum atomic E-state index is 11.4. The lowest BCUT2D eigenvalue weighted by Gasteiger charge is -2.27. The highest BCUT2D eigenvalue weighted by Gasteiger charge is 2.27. The molecule has 0 spiro atoms. The summed E-state index contributed by atoms with van der Waals surface area (Å²) in [5, 5.41) is 13.9. The second-order valence-electron chi connectivity index (χ2n) is 5.07. The molecule has 114 valence electrons. The predicted octanol–water partition coefficient (Wildman–Crippen LogP) is 1.72. The Kier molecular flexibility index (Phi) is 4.56. The highest BCUT2D eigenvalue weighted by atomic mass is 16.6. The number of rotatable bonds is 4. The highest BCUT2D eigenvalue weighted by Crippen LogP contribution is 2.28. The first-order valence-electron chi connectivity index (χ1n) is 6.76. The van der Waals surface area contributed by atoms with Crippen molar-refractivity contribution in [1.82, 2.24) is 4.98 Å². The molecule has 1 saturated carbocycles. The van der Waals surface area contributed by atoms with Crippen LogP contribution in [0.1, 0.15) is 25.7 Å². The standard InChI is InChI=1S/C13H18N4O4/c1-21-13(18)8-2-4-9(5-3-8)15-11-7-6-10(17(19)20)12(14)16-11/h6-9H,2-5H2,1H3,(H3,14,15,16). The number of nitro groups is 1. The molecular formula is C13H18N4O4. The van der Waals surface area contributed by atoms with Crippen LogP contribution in [-0.4, -0.2) is 29.0 Å². The number of ether oxygens (including phenoxy) is 1. The molecule has 1 fully saturated rings. The summed E-state index contributed by atoms with van der Waals surface area (Å²) < 4.78 is 4.74. The first-order chi connectivity index (χ1) is 10.0. The van der Waals surface area contributed by atoms with E-state index in [2.05, 4.69) is 10.3 Å². The van der Waals surface area contributed by atoms with Crippen molar-refractivity contribution in [2.75, 3.05) is 18.2 Å². The summed E-state index contributed by atoms with van der Waals surface area (Å²) in [6.07, 6.45) is 3.15. The molecule has 1 aromatic rings. The SMILES string of the molecule is COC(=O)C1CCC(Nc2ccc([N+](=O)[O-])c(N)n2)CC1. The van der Waals surface area contributed by atoms with Gasteiger partial charge in [-0.1, -0.05) is 0 Å². The zero-order chi connectivity index (χ0) is 15.4. The van der Waals surface area contributed by atoms with Crippen molar-refractivity contribution in [3.63, 3.8) is 0 Å². The van der Waals surface area contributed by atoms with Crippen LogP contribution in [0.4, 0.5) is 17.3 Å². The van der Waals surface area contributed by atoms with Gasteiger partial charge in [-0.05, 0) is 31.7 Å². The van der Waals surface area contributed by atoms with Gasteiger partial charge in [0.25, 0.3) is 0 Å². The van der Waals surface area contributed by atoms with Crippen LogP contribution in [0.2, 0.25) is 0 Å². The number of carbonyl (C=O) groups excluding carboxylic acids is 1. The van der Waals surface area contributed by atoms with Crippen molar-refractivity contribution in [3.05, 3.63) is 22.2 Å². The Bertz CT molecular complexity index is 541. The third-order valence-electron chi connectivity index (χ3n) is 3.71. The molecule has 1 aliphatic rings. The molecule has 0 bridgehead atoms. The van der Waals surface area contributed by atoms with Gasteiger partial charge < -0.3 is 15.8 Å². The van der Waals surface area contributed by atoms with Crippen molar-refractivity contribution < 1.29 is 14.5 Å². The van der Waals surface area contributed by atoms with E-state index in [0.717, 1.165) is 25.7 Å². The molecule has 2 rings (SSSR count). The van der Waals surface area contributed by atoms with E-state index in [1.807, 2.05) is 0 Å². The van der Waals surface area contributed by atoms with Crippen LogP contribution >= 0.6 is 0 Å². The van der Waals surface area contributed by atoms with E-state index < -0.39 is 4.92 Å². The van der Waals surface area contributed by atoms with Gasteiger partial charge in [-0.2, -0.15) is 0 Å². The van der Waals surface area contributed by atoms with Gasteiger partial charge in [0.15, 0.2) is 0 Å². The Labute approximate surface area is 121 Å². The van der Waals surface area contributed by atoms with Crippen LogP contribution in [0, 0.1) is 16.0 Å². The van der Waals surface area contributed by atoms with E-state index in [-0.39, 0.29) is 29.4 Å². The first-order valence-corrected chi connectivity index (χ1v) is 6.76. The van der Waals surface area contributed by atoms with Gasteiger partial charge in [-0.3, -0.25) is 14.9 Å². The number of nitrogens with one attached hydrogen (secondary N) is 1. The lowest BCUT2D eigenvalue weighted by Crippen LogP contribution is -2.30. The minimum Gasteiger partial charge on any atom is -0.469 e. The molecular weight excluding hydrogens is 276 g/mol. The molecule has 21 heavy (non-hydrogen) atoms. The topological polar surface area (TPSA) is 120 Å². The molecule has 8 nitrogen and oxygen atoms in total. The summed E-state index contributed by atoms with van der Waals surface area (Å²) in [4.78, 5) is 25.5. The molecule has 0 saturated heterocycles. The van der Waals surface area contributed by atoms with E-state index in [1.54, 1.807) is 6.07 Å².